The smallest absolute Gasteiger partial charge is 0.272 e. The first-order valence-corrected chi connectivity index (χ1v) is 10.7. The number of benzene rings is 1. The monoisotopic (exact) mass is 417 g/mol. The number of carbonyl (C=O) groups is 2. The van der Waals surface area contributed by atoms with Gasteiger partial charge in [0.2, 0.25) is 5.91 Å². The molecule has 0 spiro atoms. The van der Waals surface area contributed by atoms with Crippen LogP contribution in [0.3, 0.4) is 0 Å². The maximum absolute atomic E-state index is 12.9. The molecule has 31 heavy (non-hydrogen) atoms. The van der Waals surface area contributed by atoms with Crippen molar-refractivity contribution in [2.75, 3.05) is 13.1 Å². The lowest BCUT2D eigenvalue weighted by Gasteiger charge is -2.29. The van der Waals surface area contributed by atoms with Gasteiger partial charge in [-0.3, -0.25) is 19.7 Å². The Morgan fingerprint density at radius 2 is 1.97 bits per heavy atom. The highest BCUT2D eigenvalue weighted by molar-refractivity contribution is 5.94. The van der Waals surface area contributed by atoms with Gasteiger partial charge in [-0.25, -0.2) is 0 Å². The van der Waals surface area contributed by atoms with Crippen molar-refractivity contribution in [2.24, 2.45) is 5.92 Å². The van der Waals surface area contributed by atoms with Gasteiger partial charge < -0.3 is 10.2 Å². The Morgan fingerprint density at radius 1 is 1.16 bits per heavy atom. The van der Waals surface area contributed by atoms with Crippen molar-refractivity contribution in [3.05, 3.63) is 82.9 Å². The molecule has 0 bridgehead atoms. The minimum absolute atomic E-state index is 0.0961. The number of fused-ring (bicyclic) bond motifs is 1. The van der Waals surface area contributed by atoms with Crippen LogP contribution in [-0.4, -0.2) is 45.0 Å². The van der Waals surface area contributed by atoms with E-state index in [9.17, 15) is 9.59 Å². The molecular weight excluding hydrogens is 390 g/mol. The molecule has 0 saturated heterocycles. The van der Waals surface area contributed by atoms with Crippen molar-refractivity contribution in [2.45, 2.75) is 32.7 Å². The Hall–Kier alpha value is -3.48. The molecule has 0 aliphatic carbocycles. The number of pyridine rings is 1. The number of carbonyl (C=O) groups excluding carboxylic acids is 2. The van der Waals surface area contributed by atoms with Gasteiger partial charge in [-0.1, -0.05) is 43.3 Å². The Kier molecular flexibility index (Phi) is 6.40. The van der Waals surface area contributed by atoms with Gasteiger partial charge in [0.05, 0.1) is 12.2 Å². The number of nitrogens with zero attached hydrogens (tertiary/aromatic N) is 3. The summed E-state index contributed by atoms with van der Waals surface area (Å²) >= 11 is 0. The number of amides is 2. The van der Waals surface area contributed by atoms with E-state index in [2.05, 4.69) is 20.5 Å². The Bertz CT molecular complexity index is 1030. The van der Waals surface area contributed by atoms with Gasteiger partial charge in [-0.15, -0.1) is 0 Å². The third-order valence-electron chi connectivity index (χ3n) is 5.66. The summed E-state index contributed by atoms with van der Waals surface area (Å²) in [6, 6.07) is 15.8. The van der Waals surface area contributed by atoms with Crippen LogP contribution in [0.2, 0.25) is 0 Å². The molecule has 3 heterocycles. The van der Waals surface area contributed by atoms with Crippen molar-refractivity contribution in [1.29, 1.82) is 0 Å². The van der Waals surface area contributed by atoms with E-state index in [1.165, 1.54) is 0 Å². The molecule has 2 N–H and O–H groups in total. The molecule has 7 nitrogen and oxygen atoms in total. The molecule has 2 amide bonds. The van der Waals surface area contributed by atoms with Crippen LogP contribution < -0.4 is 5.32 Å². The average molecular weight is 418 g/mol. The van der Waals surface area contributed by atoms with Crippen LogP contribution in [0.15, 0.2) is 54.7 Å². The normalized spacial score (nSPS) is 14.0. The SMILES string of the molecule is CC(Cc1ccccc1)C(=O)N1CCc2c(C(=O)NCCc3ccccn3)n[nH]c2C1. The third-order valence-corrected chi connectivity index (χ3v) is 5.66. The summed E-state index contributed by atoms with van der Waals surface area (Å²) in [4.78, 5) is 31.7. The van der Waals surface area contributed by atoms with Gasteiger partial charge in [0, 0.05) is 42.9 Å². The first-order chi connectivity index (χ1) is 15.1. The maximum Gasteiger partial charge on any atom is 0.272 e. The van der Waals surface area contributed by atoms with Crippen LogP contribution in [0.25, 0.3) is 0 Å². The molecule has 160 valence electrons. The number of H-pyrrole nitrogens is 1. The number of rotatable bonds is 7. The van der Waals surface area contributed by atoms with Crippen LogP contribution in [0, 0.1) is 5.92 Å². The zero-order valence-electron chi connectivity index (χ0n) is 17.7. The van der Waals surface area contributed by atoms with E-state index in [1.54, 1.807) is 6.20 Å². The van der Waals surface area contributed by atoms with Crippen LogP contribution in [0.1, 0.15) is 39.9 Å². The van der Waals surface area contributed by atoms with Crippen molar-refractivity contribution < 1.29 is 9.59 Å². The zero-order chi connectivity index (χ0) is 21.6. The molecule has 0 radical (unpaired) electrons. The summed E-state index contributed by atoms with van der Waals surface area (Å²) in [6.07, 6.45) is 3.75. The highest BCUT2D eigenvalue weighted by atomic mass is 16.2. The number of aromatic nitrogens is 3. The number of aromatic amines is 1. The first-order valence-electron chi connectivity index (χ1n) is 10.7. The van der Waals surface area contributed by atoms with Gasteiger partial charge >= 0.3 is 0 Å². The summed E-state index contributed by atoms with van der Waals surface area (Å²) in [7, 11) is 0. The minimum atomic E-state index is -0.189. The molecule has 1 atom stereocenters. The second-order valence-electron chi connectivity index (χ2n) is 7.96. The lowest BCUT2D eigenvalue weighted by Crippen LogP contribution is -2.40. The van der Waals surface area contributed by atoms with Crippen LogP contribution in [-0.2, 0) is 30.6 Å². The fourth-order valence-electron chi connectivity index (χ4n) is 3.99. The standard InChI is InChI=1S/C24H27N5O2/c1-17(15-18-7-3-2-4-8-18)24(31)29-14-11-20-21(16-29)27-28-22(20)23(30)26-13-10-19-9-5-6-12-25-19/h2-9,12,17H,10-11,13-16H2,1H3,(H,26,30)(H,27,28). The lowest BCUT2D eigenvalue weighted by molar-refractivity contribution is -0.136. The second-order valence-corrected chi connectivity index (χ2v) is 7.96. The molecule has 1 aliphatic rings. The van der Waals surface area contributed by atoms with E-state index in [4.69, 9.17) is 0 Å². The summed E-state index contributed by atoms with van der Waals surface area (Å²) in [5.74, 6) is -0.155. The molecular formula is C24H27N5O2. The summed E-state index contributed by atoms with van der Waals surface area (Å²) in [5.41, 5.74) is 4.29. The predicted octanol–water partition coefficient (Wildman–Crippen LogP) is 2.54. The van der Waals surface area contributed by atoms with Crippen molar-refractivity contribution in [3.63, 3.8) is 0 Å². The van der Waals surface area contributed by atoms with Gasteiger partial charge in [0.1, 0.15) is 0 Å². The van der Waals surface area contributed by atoms with E-state index in [0.29, 0.717) is 38.2 Å². The van der Waals surface area contributed by atoms with Gasteiger partial charge in [-0.05, 0) is 30.5 Å². The Labute approximate surface area is 181 Å². The van der Waals surface area contributed by atoms with E-state index in [0.717, 1.165) is 28.9 Å². The molecule has 1 unspecified atom stereocenters. The molecule has 4 rings (SSSR count). The average Bonchev–Trinajstić information content (AvgIpc) is 3.23. The van der Waals surface area contributed by atoms with Gasteiger partial charge in [0.25, 0.3) is 5.91 Å². The van der Waals surface area contributed by atoms with Crippen molar-refractivity contribution in [3.8, 4) is 0 Å². The van der Waals surface area contributed by atoms with E-state index in [-0.39, 0.29) is 17.7 Å². The highest BCUT2D eigenvalue weighted by Crippen LogP contribution is 2.22. The molecule has 7 heteroatoms. The zero-order valence-corrected chi connectivity index (χ0v) is 17.7. The van der Waals surface area contributed by atoms with Crippen molar-refractivity contribution >= 4 is 11.8 Å². The van der Waals surface area contributed by atoms with Crippen LogP contribution in [0.5, 0.6) is 0 Å². The number of hydrogen-bond donors (Lipinski definition) is 2. The third kappa shape index (κ3) is 4.99. The molecule has 1 aliphatic heterocycles. The molecule has 3 aromatic rings. The first kappa shape index (κ1) is 20.8. The van der Waals surface area contributed by atoms with Crippen LogP contribution >= 0.6 is 0 Å². The molecule has 1 aromatic carbocycles. The van der Waals surface area contributed by atoms with Gasteiger partial charge in [0.15, 0.2) is 5.69 Å². The second kappa shape index (κ2) is 9.55. The van der Waals surface area contributed by atoms with Gasteiger partial charge in [-0.2, -0.15) is 5.10 Å². The van der Waals surface area contributed by atoms with Crippen molar-refractivity contribution in [1.82, 2.24) is 25.4 Å². The molecule has 0 saturated carbocycles. The summed E-state index contributed by atoms with van der Waals surface area (Å²) < 4.78 is 0. The van der Waals surface area contributed by atoms with E-state index < -0.39 is 0 Å². The minimum Gasteiger partial charge on any atom is -0.350 e. The fourth-order valence-corrected chi connectivity index (χ4v) is 3.99. The number of nitrogens with one attached hydrogen (secondary N) is 2. The van der Waals surface area contributed by atoms with E-state index in [1.807, 2.05) is 60.4 Å². The predicted molar refractivity (Wildman–Crippen MR) is 117 cm³/mol. The molecule has 2 aromatic heterocycles. The largest absolute Gasteiger partial charge is 0.350 e. The Balaban J connectivity index is 1.33. The number of hydrogen-bond acceptors (Lipinski definition) is 4. The topological polar surface area (TPSA) is 91.0 Å². The quantitative estimate of drug-likeness (QED) is 0.618. The molecule has 0 fully saturated rings. The fraction of sp³-hybridized carbons (Fsp3) is 0.333. The summed E-state index contributed by atoms with van der Waals surface area (Å²) in [5, 5.41) is 10.1. The van der Waals surface area contributed by atoms with Crippen LogP contribution in [0.4, 0.5) is 0 Å². The van der Waals surface area contributed by atoms with E-state index >= 15 is 0 Å². The highest BCUT2D eigenvalue weighted by Gasteiger charge is 2.29. The summed E-state index contributed by atoms with van der Waals surface area (Å²) in [6.45, 7) is 3.53. The maximum atomic E-state index is 12.9. The lowest BCUT2D eigenvalue weighted by atomic mass is 9.97. The Morgan fingerprint density at radius 3 is 2.74 bits per heavy atom.